The quantitative estimate of drug-likeness (QED) is 0.827. The van der Waals surface area contributed by atoms with E-state index in [0.29, 0.717) is 11.5 Å². The first-order chi connectivity index (χ1) is 8.68. The van der Waals surface area contributed by atoms with Gasteiger partial charge in [-0.25, -0.2) is 0 Å². The summed E-state index contributed by atoms with van der Waals surface area (Å²) in [6.07, 6.45) is 3.60. The van der Waals surface area contributed by atoms with Gasteiger partial charge in [0.1, 0.15) is 4.99 Å². The summed E-state index contributed by atoms with van der Waals surface area (Å²) in [7, 11) is 0. The van der Waals surface area contributed by atoms with Crippen LogP contribution in [-0.2, 0) is 6.54 Å². The molecule has 0 radical (unpaired) electrons. The van der Waals surface area contributed by atoms with Crippen molar-refractivity contribution in [3.8, 4) is 0 Å². The van der Waals surface area contributed by atoms with Gasteiger partial charge in [-0.2, -0.15) is 0 Å². The molecule has 2 rings (SSSR count). The molecule has 0 bridgehead atoms. The molecule has 0 unspecified atom stereocenters. The van der Waals surface area contributed by atoms with Crippen LogP contribution in [0.3, 0.4) is 0 Å². The summed E-state index contributed by atoms with van der Waals surface area (Å²) >= 11 is 5.07. The van der Waals surface area contributed by atoms with Crippen LogP contribution in [0.25, 0.3) is 0 Å². The second kappa shape index (κ2) is 5.60. The predicted molar refractivity (Wildman–Crippen MR) is 78.6 cm³/mol. The highest BCUT2D eigenvalue weighted by molar-refractivity contribution is 7.80. The molecule has 1 aromatic heterocycles. The second-order valence-electron chi connectivity index (χ2n) is 4.08. The van der Waals surface area contributed by atoms with Crippen molar-refractivity contribution in [2.75, 3.05) is 5.32 Å². The molecule has 0 fully saturated rings. The highest BCUT2D eigenvalue weighted by Crippen LogP contribution is 2.21. The van der Waals surface area contributed by atoms with E-state index in [1.807, 2.05) is 43.5 Å². The molecule has 18 heavy (non-hydrogen) atoms. The molecule has 0 saturated carbocycles. The Hall–Kier alpha value is -1.94. The van der Waals surface area contributed by atoms with Crippen molar-refractivity contribution in [2.24, 2.45) is 5.73 Å². The fourth-order valence-corrected chi connectivity index (χ4v) is 1.97. The van der Waals surface area contributed by atoms with Gasteiger partial charge in [0.05, 0.1) is 0 Å². The number of hydrogen-bond acceptors (Lipinski definition) is 3. The van der Waals surface area contributed by atoms with Crippen molar-refractivity contribution in [3.05, 3.63) is 59.4 Å². The van der Waals surface area contributed by atoms with E-state index in [9.17, 15) is 0 Å². The van der Waals surface area contributed by atoms with Crippen molar-refractivity contribution in [1.82, 2.24) is 4.98 Å². The molecule has 2 aromatic rings. The number of pyridine rings is 1. The Morgan fingerprint density at radius 2 is 2.17 bits per heavy atom. The zero-order valence-corrected chi connectivity index (χ0v) is 11.0. The van der Waals surface area contributed by atoms with Gasteiger partial charge in [-0.05, 0) is 30.2 Å². The summed E-state index contributed by atoms with van der Waals surface area (Å²) in [5, 5.41) is 3.37. The number of anilines is 1. The van der Waals surface area contributed by atoms with Crippen LogP contribution in [0.4, 0.5) is 5.69 Å². The van der Waals surface area contributed by atoms with Crippen molar-refractivity contribution in [3.63, 3.8) is 0 Å². The standard InChI is InChI=1S/C14H15N3S/c1-10-4-2-6-12(14(15)18)13(10)17-9-11-5-3-7-16-8-11/h2-8,17H,9H2,1H3,(H2,15,18). The number of nitrogens with two attached hydrogens (primary N) is 1. The van der Waals surface area contributed by atoms with Gasteiger partial charge in [-0.3, -0.25) is 4.98 Å². The number of nitrogens with zero attached hydrogens (tertiary/aromatic N) is 1. The fraction of sp³-hybridized carbons (Fsp3) is 0.143. The maximum atomic E-state index is 5.73. The first-order valence-corrected chi connectivity index (χ1v) is 6.11. The summed E-state index contributed by atoms with van der Waals surface area (Å²) in [4.78, 5) is 4.50. The average Bonchev–Trinajstić information content (AvgIpc) is 2.38. The third-order valence-electron chi connectivity index (χ3n) is 2.73. The molecule has 92 valence electrons. The molecule has 0 aliphatic heterocycles. The van der Waals surface area contributed by atoms with E-state index in [4.69, 9.17) is 18.0 Å². The summed E-state index contributed by atoms with van der Waals surface area (Å²) in [5.74, 6) is 0. The lowest BCUT2D eigenvalue weighted by molar-refractivity contribution is 1.10. The second-order valence-corrected chi connectivity index (χ2v) is 4.52. The lowest BCUT2D eigenvalue weighted by Crippen LogP contribution is -2.14. The number of hydrogen-bond donors (Lipinski definition) is 2. The molecule has 0 aliphatic carbocycles. The van der Waals surface area contributed by atoms with Gasteiger partial charge in [-0.1, -0.05) is 30.4 Å². The van der Waals surface area contributed by atoms with Crippen LogP contribution < -0.4 is 11.1 Å². The minimum atomic E-state index is 0.410. The first kappa shape index (κ1) is 12.5. The minimum absolute atomic E-state index is 0.410. The molecule has 0 aliphatic rings. The smallest absolute Gasteiger partial charge is 0.106 e. The van der Waals surface area contributed by atoms with Gasteiger partial charge in [0.25, 0.3) is 0 Å². The molecule has 0 spiro atoms. The Labute approximate surface area is 112 Å². The maximum absolute atomic E-state index is 5.73. The van der Waals surface area contributed by atoms with Crippen molar-refractivity contribution < 1.29 is 0 Å². The fourth-order valence-electron chi connectivity index (χ4n) is 1.80. The number of thiocarbonyl (C=S) groups is 1. The number of aromatic nitrogens is 1. The van der Waals surface area contributed by atoms with E-state index in [2.05, 4.69) is 10.3 Å². The SMILES string of the molecule is Cc1cccc(C(N)=S)c1NCc1cccnc1. The molecular formula is C14H15N3S. The molecule has 4 heteroatoms. The predicted octanol–water partition coefficient (Wildman–Crippen LogP) is 2.64. The van der Waals surface area contributed by atoms with Gasteiger partial charge in [-0.15, -0.1) is 0 Å². The zero-order chi connectivity index (χ0) is 13.0. The molecule has 1 aromatic carbocycles. The van der Waals surface area contributed by atoms with Crippen LogP contribution in [0.2, 0.25) is 0 Å². The normalized spacial score (nSPS) is 10.1. The molecule has 3 N–H and O–H groups in total. The van der Waals surface area contributed by atoms with E-state index < -0.39 is 0 Å². The van der Waals surface area contributed by atoms with Crippen molar-refractivity contribution in [1.29, 1.82) is 0 Å². The average molecular weight is 257 g/mol. The van der Waals surface area contributed by atoms with E-state index >= 15 is 0 Å². The van der Waals surface area contributed by atoms with E-state index in [-0.39, 0.29) is 0 Å². The molecule has 3 nitrogen and oxygen atoms in total. The summed E-state index contributed by atoms with van der Waals surface area (Å²) in [6, 6.07) is 9.87. The van der Waals surface area contributed by atoms with Crippen LogP contribution in [0.15, 0.2) is 42.7 Å². The number of rotatable bonds is 4. The number of nitrogens with one attached hydrogen (secondary N) is 1. The van der Waals surface area contributed by atoms with Gasteiger partial charge in [0.2, 0.25) is 0 Å². The molecule has 1 heterocycles. The Morgan fingerprint density at radius 3 is 2.83 bits per heavy atom. The lowest BCUT2D eigenvalue weighted by Gasteiger charge is -2.14. The largest absolute Gasteiger partial charge is 0.389 e. The lowest BCUT2D eigenvalue weighted by atomic mass is 10.1. The highest BCUT2D eigenvalue weighted by Gasteiger charge is 2.07. The van der Waals surface area contributed by atoms with Crippen LogP contribution in [0, 0.1) is 6.92 Å². The summed E-state index contributed by atoms with van der Waals surface area (Å²) < 4.78 is 0. The van der Waals surface area contributed by atoms with Gasteiger partial charge >= 0.3 is 0 Å². The van der Waals surface area contributed by atoms with Crippen LogP contribution in [-0.4, -0.2) is 9.97 Å². The Kier molecular flexibility index (Phi) is 3.89. The van der Waals surface area contributed by atoms with Crippen molar-refractivity contribution in [2.45, 2.75) is 13.5 Å². The Bertz CT molecular complexity index is 552. The van der Waals surface area contributed by atoms with Gasteiger partial charge in [0.15, 0.2) is 0 Å². The monoisotopic (exact) mass is 257 g/mol. The summed E-state index contributed by atoms with van der Waals surface area (Å²) in [6.45, 7) is 2.74. The summed E-state index contributed by atoms with van der Waals surface area (Å²) in [5.41, 5.74) is 9.86. The van der Waals surface area contributed by atoms with Crippen molar-refractivity contribution >= 4 is 22.9 Å². The number of para-hydroxylation sites is 1. The van der Waals surface area contributed by atoms with E-state index in [1.165, 1.54) is 0 Å². The van der Waals surface area contributed by atoms with Crippen LogP contribution in [0.1, 0.15) is 16.7 Å². The molecule has 0 atom stereocenters. The van der Waals surface area contributed by atoms with Crippen LogP contribution >= 0.6 is 12.2 Å². The third-order valence-corrected chi connectivity index (χ3v) is 2.95. The van der Waals surface area contributed by atoms with Gasteiger partial charge in [0, 0.05) is 30.2 Å². The first-order valence-electron chi connectivity index (χ1n) is 5.70. The molecule has 0 amide bonds. The van der Waals surface area contributed by atoms with Gasteiger partial charge < -0.3 is 11.1 Å². The Morgan fingerprint density at radius 1 is 1.33 bits per heavy atom. The van der Waals surface area contributed by atoms with Crippen LogP contribution in [0.5, 0.6) is 0 Å². The number of benzene rings is 1. The molecular weight excluding hydrogens is 242 g/mol. The zero-order valence-electron chi connectivity index (χ0n) is 10.2. The minimum Gasteiger partial charge on any atom is -0.389 e. The topological polar surface area (TPSA) is 50.9 Å². The maximum Gasteiger partial charge on any atom is 0.106 e. The third kappa shape index (κ3) is 2.84. The van der Waals surface area contributed by atoms with E-state index in [1.54, 1.807) is 6.20 Å². The molecule has 0 saturated heterocycles. The highest BCUT2D eigenvalue weighted by atomic mass is 32.1. The van der Waals surface area contributed by atoms with E-state index in [0.717, 1.165) is 22.4 Å². The Balaban J connectivity index is 2.21. The number of aryl methyl sites for hydroxylation is 1.